The van der Waals surface area contributed by atoms with Crippen molar-refractivity contribution in [1.29, 1.82) is 0 Å². The zero-order chi connectivity index (χ0) is 13.8. The van der Waals surface area contributed by atoms with Gasteiger partial charge in [0.25, 0.3) is 5.91 Å². The second-order valence-electron chi connectivity index (χ2n) is 5.18. The molecule has 0 bridgehead atoms. The van der Waals surface area contributed by atoms with Crippen LogP contribution in [0, 0.1) is 12.8 Å². The number of hydrogen-bond acceptors (Lipinski definition) is 4. The van der Waals surface area contributed by atoms with Gasteiger partial charge in [-0.05, 0) is 31.7 Å². The van der Waals surface area contributed by atoms with Crippen LogP contribution in [0.25, 0.3) is 0 Å². The summed E-state index contributed by atoms with van der Waals surface area (Å²) in [5.74, 6) is 0.345. The predicted octanol–water partition coefficient (Wildman–Crippen LogP) is 1.47. The number of ether oxygens (including phenoxy) is 1. The molecule has 2 rings (SSSR count). The van der Waals surface area contributed by atoms with E-state index in [9.17, 15) is 4.79 Å². The SMILES string of the molecule is Cc1cc(N)c(C(=O)N(C)CC2CCCOC2)cn1. The maximum absolute atomic E-state index is 12.3. The van der Waals surface area contributed by atoms with Gasteiger partial charge in [-0.2, -0.15) is 0 Å². The highest BCUT2D eigenvalue weighted by Gasteiger charge is 2.21. The number of rotatable bonds is 3. The van der Waals surface area contributed by atoms with Crippen molar-refractivity contribution in [2.24, 2.45) is 5.92 Å². The van der Waals surface area contributed by atoms with E-state index in [1.54, 1.807) is 24.2 Å². The molecule has 5 heteroatoms. The van der Waals surface area contributed by atoms with Crippen molar-refractivity contribution in [3.05, 3.63) is 23.5 Å². The van der Waals surface area contributed by atoms with Crippen LogP contribution in [0.1, 0.15) is 28.9 Å². The summed E-state index contributed by atoms with van der Waals surface area (Å²) < 4.78 is 5.43. The molecule has 5 nitrogen and oxygen atoms in total. The molecule has 1 aliphatic rings. The van der Waals surface area contributed by atoms with Gasteiger partial charge in [0.1, 0.15) is 0 Å². The lowest BCUT2D eigenvalue weighted by Crippen LogP contribution is -2.35. The Bertz CT molecular complexity index is 456. The molecule has 1 aromatic heterocycles. The van der Waals surface area contributed by atoms with Crippen molar-refractivity contribution < 1.29 is 9.53 Å². The summed E-state index contributed by atoms with van der Waals surface area (Å²) in [6, 6.07) is 1.73. The van der Waals surface area contributed by atoms with E-state index >= 15 is 0 Å². The minimum Gasteiger partial charge on any atom is -0.398 e. The number of nitrogen functional groups attached to an aromatic ring is 1. The van der Waals surface area contributed by atoms with Crippen molar-refractivity contribution in [2.75, 3.05) is 32.5 Å². The number of anilines is 1. The number of pyridine rings is 1. The summed E-state index contributed by atoms with van der Waals surface area (Å²) in [5.41, 5.74) is 7.66. The first kappa shape index (κ1) is 13.8. The Kier molecular flexibility index (Phi) is 4.37. The van der Waals surface area contributed by atoms with Crippen LogP contribution in [0.2, 0.25) is 0 Å². The van der Waals surface area contributed by atoms with Crippen molar-refractivity contribution in [2.45, 2.75) is 19.8 Å². The molecule has 0 aliphatic carbocycles. The number of aryl methyl sites for hydroxylation is 1. The monoisotopic (exact) mass is 263 g/mol. The third kappa shape index (κ3) is 3.44. The molecular weight excluding hydrogens is 242 g/mol. The number of carbonyl (C=O) groups excluding carboxylic acids is 1. The molecule has 2 heterocycles. The van der Waals surface area contributed by atoms with E-state index in [4.69, 9.17) is 10.5 Å². The van der Waals surface area contributed by atoms with Gasteiger partial charge in [0.05, 0.1) is 12.2 Å². The molecule has 0 saturated carbocycles. The molecule has 1 saturated heterocycles. The van der Waals surface area contributed by atoms with Crippen molar-refractivity contribution in [3.8, 4) is 0 Å². The van der Waals surface area contributed by atoms with Gasteiger partial charge in [-0.3, -0.25) is 9.78 Å². The van der Waals surface area contributed by atoms with Crippen LogP contribution < -0.4 is 5.73 Å². The molecule has 0 spiro atoms. The first-order valence-corrected chi connectivity index (χ1v) is 6.63. The molecule has 1 unspecified atom stereocenters. The first-order valence-electron chi connectivity index (χ1n) is 6.63. The molecule has 1 amide bonds. The summed E-state index contributed by atoms with van der Waals surface area (Å²) >= 11 is 0. The first-order chi connectivity index (χ1) is 9.08. The van der Waals surface area contributed by atoms with Gasteiger partial charge in [0, 0.05) is 37.8 Å². The zero-order valence-corrected chi connectivity index (χ0v) is 11.6. The van der Waals surface area contributed by atoms with E-state index in [2.05, 4.69) is 4.98 Å². The third-order valence-corrected chi connectivity index (χ3v) is 3.44. The highest BCUT2D eigenvalue weighted by molar-refractivity contribution is 5.98. The molecule has 1 aliphatic heterocycles. The van der Waals surface area contributed by atoms with E-state index < -0.39 is 0 Å². The maximum atomic E-state index is 12.3. The average molecular weight is 263 g/mol. The van der Waals surface area contributed by atoms with E-state index in [1.165, 1.54) is 0 Å². The van der Waals surface area contributed by atoms with Gasteiger partial charge in [0.2, 0.25) is 0 Å². The largest absolute Gasteiger partial charge is 0.398 e. The van der Waals surface area contributed by atoms with Crippen molar-refractivity contribution in [1.82, 2.24) is 9.88 Å². The number of nitrogens with zero attached hydrogens (tertiary/aromatic N) is 2. The van der Waals surface area contributed by atoms with Crippen LogP contribution in [0.3, 0.4) is 0 Å². The number of aromatic nitrogens is 1. The smallest absolute Gasteiger partial charge is 0.257 e. The Morgan fingerprint density at radius 1 is 1.63 bits per heavy atom. The van der Waals surface area contributed by atoms with Crippen LogP contribution in [0.4, 0.5) is 5.69 Å². The van der Waals surface area contributed by atoms with Crippen LogP contribution >= 0.6 is 0 Å². The fourth-order valence-corrected chi connectivity index (χ4v) is 2.39. The van der Waals surface area contributed by atoms with Gasteiger partial charge in [-0.25, -0.2) is 0 Å². The van der Waals surface area contributed by atoms with Crippen LogP contribution in [-0.4, -0.2) is 42.6 Å². The fourth-order valence-electron chi connectivity index (χ4n) is 2.39. The molecule has 1 atom stereocenters. The van der Waals surface area contributed by atoms with Crippen LogP contribution in [-0.2, 0) is 4.74 Å². The Balaban J connectivity index is 2.01. The van der Waals surface area contributed by atoms with Crippen LogP contribution in [0.5, 0.6) is 0 Å². The number of amides is 1. The lowest BCUT2D eigenvalue weighted by Gasteiger charge is -2.27. The lowest BCUT2D eigenvalue weighted by molar-refractivity contribution is 0.0389. The minimum absolute atomic E-state index is 0.0735. The molecule has 104 valence electrons. The third-order valence-electron chi connectivity index (χ3n) is 3.44. The molecule has 19 heavy (non-hydrogen) atoms. The second kappa shape index (κ2) is 6.02. The van der Waals surface area contributed by atoms with E-state index in [0.717, 1.165) is 31.7 Å². The van der Waals surface area contributed by atoms with Crippen molar-refractivity contribution >= 4 is 11.6 Å². The maximum Gasteiger partial charge on any atom is 0.257 e. The second-order valence-corrected chi connectivity index (χ2v) is 5.18. The van der Waals surface area contributed by atoms with Gasteiger partial charge >= 0.3 is 0 Å². The fraction of sp³-hybridized carbons (Fsp3) is 0.571. The summed E-state index contributed by atoms with van der Waals surface area (Å²) in [4.78, 5) is 18.2. The predicted molar refractivity (Wildman–Crippen MR) is 73.9 cm³/mol. The Morgan fingerprint density at radius 3 is 3.05 bits per heavy atom. The van der Waals surface area contributed by atoms with Crippen LogP contribution in [0.15, 0.2) is 12.3 Å². The van der Waals surface area contributed by atoms with E-state index in [1.807, 2.05) is 6.92 Å². The van der Waals surface area contributed by atoms with Gasteiger partial charge < -0.3 is 15.4 Å². The molecule has 0 aromatic carbocycles. The quantitative estimate of drug-likeness (QED) is 0.896. The summed E-state index contributed by atoms with van der Waals surface area (Å²) in [7, 11) is 1.80. The molecule has 1 aromatic rings. The zero-order valence-electron chi connectivity index (χ0n) is 11.6. The molecule has 2 N–H and O–H groups in total. The van der Waals surface area contributed by atoms with E-state index in [-0.39, 0.29) is 5.91 Å². The van der Waals surface area contributed by atoms with Gasteiger partial charge in [-0.15, -0.1) is 0 Å². The standard InChI is InChI=1S/C14H21N3O2/c1-10-6-13(15)12(7-16-10)14(18)17(2)8-11-4-3-5-19-9-11/h6-7,11H,3-5,8-9H2,1-2H3,(H2,15,16). The Hall–Kier alpha value is -1.62. The highest BCUT2D eigenvalue weighted by atomic mass is 16.5. The summed E-state index contributed by atoms with van der Waals surface area (Å²) in [5, 5.41) is 0. The molecule has 0 radical (unpaired) electrons. The van der Waals surface area contributed by atoms with E-state index in [0.29, 0.717) is 23.7 Å². The Labute approximate surface area is 113 Å². The number of hydrogen-bond donors (Lipinski definition) is 1. The van der Waals surface area contributed by atoms with Crippen molar-refractivity contribution in [3.63, 3.8) is 0 Å². The Morgan fingerprint density at radius 2 is 2.42 bits per heavy atom. The molecular formula is C14H21N3O2. The summed E-state index contributed by atoms with van der Waals surface area (Å²) in [6.45, 7) is 4.13. The topological polar surface area (TPSA) is 68.5 Å². The minimum atomic E-state index is -0.0735. The summed E-state index contributed by atoms with van der Waals surface area (Å²) in [6.07, 6.45) is 3.74. The lowest BCUT2D eigenvalue weighted by atomic mass is 10.0. The highest BCUT2D eigenvalue weighted by Crippen LogP contribution is 2.17. The number of nitrogens with two attached hydrogens (primary N) is 1. The normalized spacial score (nSPS) is 19.2. The average Bonchev–Trinajstić information content (AvgIpc) is 2.39. The van der Waals surface area contributed by atoms with Gasteiger partial charge in [-0.1, -0.05) is 0 Å². The van der Waals surface area contributed by atoms with Gasteiger partial charge in [0.15, 0.2) is 0 Å². The number of carbonyl (C=O) groups is 1. The molecule has 1 fully saturated rings.